The Morgan fingerprint density at radius 2 is 1.84 bits per heavy atom. The summed E-state index contributed by atoms with van der Waals surface area (Å²) >= 11 is 0. The number of nitrogens with one attached hydrogen (secondary N) is 1. The molecule has 210 valence electrons. The first kappa shape index (κ1) is 31.1. The van der Waals surface area contributed by atoms with Crippen molar-refractivity contribution in [2.75, 3.05) is 19.3 Å². The van der Waals surface area contributed by atoms with E-state index in [-0.39, 0.29) is 18.8 Å². The summed E-state index contributed by atoms with van der Waals surface area (Å²) in [6.07, 6.45) is -1.06. The standard InChI is InChI=1S/C17H22F3NO3.C9H13N3OS/c1-16(2,3)24-15(22)21-9-8-14(10-21)23-11-12-4-6-13(7-5-12)17(18,19)20;1-14(13)8-4-2-3-7(5-8)9(10)6-12-11/h4-7,14H,8-11H2,1-3H3;2-6,12H,10-11H2,1H3/b;9-6-. The minimum atomic E-state index is -4.33. The smallest absolute Gasteiger partial charge is 0.416 e. The maximum absolute atomic E-state index is 12.5. The summed E-state index contributed by atoms with van der Waals surface area (Å²) in [6, 6.07) is 12.1. The van der Waals surface area contributed by atoms with Crippen molar-refractivity contribution in [1.29, 1.82) is 0 Å². The Bertz CT molecular complexity index is 1120. The molecule has 0 spiro atoms. The Kier molecular flexibility index (Phi) is 11.2. The van der Waals surface area contributed by atoms with Crippen LogP contribution in [0.3, 0.4) is 0 Å². The summed E-state index contributed by atoms with van der Waals surface area (Å²) in [5.74, 6) is 5.10. The number of hydrogen-bond donors (Lipinski definition) is 3. The molecule has 5 N–H and O–H groups in total. The number of halogens is 3. The van der Waals surface area contributed by atoms with Gasteiger partial charge >= 0.3 is 12.3 Å². The highest BCUT2D eigenvalue weighted by molar-refractivity contribution is 7.84. The number of ether oxygens (including phenoxy) is 2. The minimum absolute atomic E-state index is 0.139. The van der Waals surface area contributed by atoms with E-state index in [1.807, 2.05) is 12.1 Å². The fraction of sp³-hybridized carbons (Fsp3) is 0.423. The van der Waals surface area contributed by atoms with Gasteiger partial charge in [-0.3, -0.25) is 10.1 Å². The van der Waals surface area contributed by atoms with Gasteiger partial charge in [0.25, 0.3) is 0 Å². The lowest BCUT2D eigenvalue weighted by atomic mass is 10.1. The number of benzene rings is 2. The summed E-state index contributed by atoms with van der Waals surface area (Å²) in [5.41, 5.74) is 8.80. The Hall–Kier alpha value is -3.09. The molecule has 2 aromatic rings. The predicted octanol–water partition coefficient (Wildman–Crippen LogP) is 4.38. The van der Waals surface area contributed by atoms with Crippen LogP contribution in [0, 0.1) is 0 Å². The van der Waals surface area contributed by atoms with Crippen LogP contribution >= 0.6 is 0 Å². The highest BCUT2D eigenvalue weighted by Crippen LogP contribution is 2.29. The van der Waals surface area contributed by atoms with Gasteiger partial charge in [0.05, 0.1) is 30.5 Å². The van der Waals surface area contributed by atoms with E-state index in [2.05, 4.69) is 5.43 Å². The zero-order chi connectivity index (χ0) is 28.5. The molecule has 1 aliphatic heterocycles. The third kappa shape index (κ3) is 10.3. The topological polar surface area (TPSA) is 120 Å². The van der Waals surface area contributed by atoms with E-state index in [4.69, 9.17) is 21.1 Å². The summed E-state index contributed by atoms with van der Waals surface area (Å²) in [7, 11) is -0.994. The molecule has 2 aromatic carbocycles. The van der Waals surface area contributed by atoms with E-state index < -0.39 is 28.1 Å². The van der Waals surface area contributed by atoms with Crippen LogP contribution in [0.2, 0.25) is 0 Å². The van der Waals surface area contributed by atoms with Crippen molar-refractivity contribution >= 4 is 22.6 Å². The van der Waals surface area contributed by atoms with Crippen LogP contribution in [0.5, 0.6) is 0 Å². The van der Waals surface area contributed by atoms with Gasteiger partial charge < -0.3 is 25.5 Å². The molecule has 3 rings (SSSR count). The summed E-state index contributed by atoms with van der Waals surface area (Å²) in [5, 5.41) is 0. The van der Waals surface area contributed by atoms with E-state index in [1.165, 1.54) is 18.3 Å². The summed E-state index contributed by atoms with van der Waals surface area (Å²) in [6.45, 7) is 6.60. The molecule has 1 heterocycles. The highest BCUT2D eigenvalue weighted by atomic mass is 32.2. The monoisotopic (exact) mass is 556 g/mol. The number of nitrogens with two attached hydrogens (primary N) is 2. The van der Waals surface area contributed by atoms with Crippen LogP contribution in [0.1, 0.15) is 43.9 Å². The van der Waals surface area contributed by atoms with Gasteiger partial charge in [-0.1, -0.05) is 24.3 Å². The fourth-order valence-corrected chi connectivity index (χ4v) is 3.95. The number of carbonyl (C=O) groups is 1. The lowest BCUT2D eigenvalue weighted by molar-refractivity contribution is -0.137. The van der Waals surface area contributed by atoms with Crippen molar-refractivity contribution in [3.05, 3.63) is 71.4 Å². The van der Waals surface area contributed by atoms with E-state index in [0.717, 1.165) is 22.6 Å². The molecule has 0 aromatic heterocycles. The average Bonchev–Trinajstić information content (AvgIpc) is 3.31. The molecule has 38 heavy (non-hydrogen) atoms. The zero-order valence-corrected chi connectivity index (χ0v) is 22.7. The number of amides is 1. The first-order valence-electron chi connectivity index (χ1n) is 11.8. The van der Waals surface area contributed by atoms with Gasteiger partial charge in [-0.15, -0.1) is 0 Å². The summed E-state index contributed by atoms with van der Waals surface area (Å²) in [4.78, 5) is 14.3. The number of carbonyl (C=O) groups excluding carboxylic acids is 1. The Labute approximate surface area is 223 Å². The zero-order valence-electron chi connectivity index (χ0n) is 21.9. The van der Waals surface area contributed by atoms with Crippen LogP contribution in [-0.2, 0) is 33.1 Å². The third-order valence-corrected chi connectivity index (χ3v) is 6.22. The lowest BCUT2D eigenvalue weighted by Crippen LogP contribution is -2.36. The van der Waals surface area contributed by atoms with E-state index in [0.29, 0.717) is 30.8 Å². The number of nitrogens with zero attached hydrogens (tertiary/aromatic N) is 1. The first-order valence-corrected chi connectivity index (χ1v) is 13.4. The molecule has 2 atom stereocenters. The number of hydrogen-bond acceptors (Lipinski definition) is 7. The molecular formula is C26H35F3N4O4S. The molecule has 2 unspecified atom stereocenters. The Morgan fingerprint density at radius 3 is 2.39 bits per heavy atom. The molecule has 1 saturated heterocycles. The maximum atomic E-state index is 12.5. The molecule has 8 nitrogen and oxygen atoms in total. The maximum Gasteiger partial charge on any atom is 0.416 e. The average molecular weight is 557 g/mol. The van der Waals surface area contributed by atoms with Crippen molar-refractivity contribution in [2.45, 2.75) is 56.6 Å². The first-order chi connectivity index (χ1) is 17.7. The van der Waals surface area contributed by atoms with E-state index >= 15 is 0 Å². The molecule has 12 heteroatoms. The fourth-order valence-electron chi connectivity index (χ4n) is 3.39. The van der Waals surface area contributed by atoms with Gasteiger partial charge in [-0.05, 0) is 57.0 Å². The molecular weight excluding hydrogens is 521 g/mol. The van der Waals surface area contributed by atoms with Crippen LogP contribution in [-0.4, -0.2) is 46.3 Å². The van der Waals surface area contributed by atoms with Gasteiger partial charge in [0.15, 0.2) is 0 Å². The van der Waals surface area contributed by atoms with Crippen molar-refractivity contribution in [3.63, 3.8) is 0 Å². The second kappa shape index (κ2) is 13.6. The molecule has 1 amide bonds. The van der Waals surface area contributed by atoms with Crippen LogP contribution < -0.4 is 17.0 Å². The van der Waals surface area contributed by atoms with Crippen LogP contribution in [0.15, 0.2) is 59.6 Å². The Morgan fingerprint density at radius 1 is 1.18 bits per heavy atom. The molecule has 0 bridgehead atoms. The number of alkyl halides is 3. The minimum Gasteiger partial charge on any atom is -0.444 e. The van der Waals surface area contributed by atoms with Crippen molar-refractivity contribution < 1.29 is 31.6 Å². The normalized spacial score (nSPS) is 16.9. The van der Waals surface area contributed by atoms with E-state index in [9.17, 15) is 22.2 Å². The second-order valence-electron chi connectivity index (χ2n) is 9.59. The van der Waals surface area contributed by atoms with Crippen LogP contribution in [0.4, 0.5) is 18.0 Å². The van der Waals surface area contributed by atoms with Crippen molar-refractivity contribution in [2.24, 2.45) is 11.6 Å². The van der Waals surface area contributed by atoms with Gasteiger partial charge in [0, 0.05) is 40.3 Å². The quantitative estimate of drug-likeness (QED) is 0.357. The Balaban J connectivity index is 0.000000308. The molecule has 1 aliphatic rings. The van der Waals surface area contributed by atoms with Gasteiger partial charge in [0.2, 0.25) is 0 Å². The second-order valence-corrected chi connectivity index (χ2v) is 11.0. The largest absolute Gasteiger partial charge is 0.444 e. The number of hydrazine groups is 1. The third-order valence-electron chi connectivity index (χ3n) is 5.30. The number of likely N-dealkylation sites (tertiary alicyclic amines) is 1. The van der Waals surface area contributed by atoms with Gasteiger partial charge in [-0.2, -0.15) is 13.2 Å². The molecule has 0 saturated carbocycles. The van der Waals surface area contributed by atoms with Gasteiger partial charge in [-0.25, -0.2) is 4.79 Å². The number of rotatable bonds is 6. The molecule has 0 aliphatic carbocycles. The molecule has 0 radical (unpaired) electrons. The lowest BCUT2D eigenvalue weighted by Gasteiger charge is -2.24. The van der Waals surface area contributed by atoms with Crippen LogP contribution in [0.25, 0.3) is 5.70 Å². The highest BCUT2D eigenvalue weighted by Gasteiger charge is 2.31. The van der Waals surface area contributed by atoms with Gasteiger partial charge in [0.1, 0.15) is 5.60 Å². The predicted molar refractivity (Wildman–Crippen MR) is 141 cm³/mol. The SMILES string of the molecule is CC(C)(C)OC(=O)N1CCC(OCc2ccc(C(F)(F)F)cc2)C1.CS(=O)c1cccc(/C(N)=C/NN)c1. The van der Waals surface area contributed by atoms with Crippen molar-refractivity contribution in [3.8, 4) is 0 Å². The van der Waals surface area contributed by atoms with E-state index in [1.54, 1.807) is 44.1 Å². The summed E-state index contributed by atoms with van der Waals surface area (Å²) < 4.78 is 59.7. The van der Waals surface area contributed by atoms with Crippen molar-refractivity contribution in [1.82, 2.24) is 10.3 Å². The molecule has 1 fully saturated rings.